The summed E-state index contributed by atoms with van der Waals surface area (Å²) in [7, 11) is 3.10. The Kier molecular flexibility index (Phi) is 6.65. The highest BCUT2D eigenvalue weighted by molar-refractivity contribution is 8.00. The predicted molar refractivity (Wildman–Crippen MR) is 128 cm³/mol. The molecule has 5 nitrogen and oxygen atoms in total. The fourth-order valence-corrected chi connectivity index (χ4v) is 5.14. The summed E-state index contributed by atoms with van der Waals surface area (Å²) in [6.07, 6.45) is 0. The molecule has 0 spiro atoms. The summed E-state index contributed by atoms with van der Waals surface area (Å²) in [4.78, 5) is 17.4. The molecule has 1 amide bonds. The smallest absolute Gasteiger partial charge is 0.255 e. The maximum atomic E-state index is 12.7. The molecular weight excluding hydrogens is 452 g/mol. The van der Waals surface area contributed by atoms with Crippen molar-refractivity contribution in [3.05, 3.63) is 76.8 Å². The van der Waals surface area contributed by atoms with Crippen LogP contribution in [-0.2, 0) is 5.75 Å². The third-order valence-electron chi connectivity index (χ3n) is 4.55. The van der Waals surface area contributed by atoms with Gasteiger partial charge in [-0.1, -0.05) is 35.5 Å². The monoisotopic (exact) mass is 470 g/mol. The molecule has 0 aliphatic carbocycles. The van der Waals surface area contributed by atoms with E-state index in [0.29, 0.717) is 22.7 Å². The highest BCUT2D eigenvalue weighted by Crippen LogP contribution is 2.33. The standard InChI is InChI=1S/C23H19ClN2O3S2/c1-28-19-10-5-15(11-20(19)29-2)22(27)25-17-8-9-18-21(12-17)31-23(26-18)30-13-14-3-6-16(24)7-4-14/h3-12H,13H2,1-2H3,(H,25,27). The SMILES string of the molecule is COc1ccc(C(=O)Nc2ccc3nc(SCc4ccc(Cl)cc4)sc3c2)cc1OC. The average molecular weight is 471 g/mol. The van der Waals surface area contributed by atoms with E-state index in [1.54, 1.807) is 55.5 Å². The zero-order valence-electron chi connectivity index (χ0n) is 16.8. The zero-order chi connectivity index (χ0) is 21.8. The van der Waals surface area contributed by atoms with Gasteiger partial charge in [0.15, 0.2) is 15.8 Å². The number of fused-ring (bicyclic) bond motifs is 1. The summed E-state index contributed by atoms with van der Waals surface area (Å²) >= 11 is 9.23. The van der Waals surface area contributed by atoms with Gasteiger partial charge in [-0.3, -0.25) is 4.79 Å². The molecule has 0 bridgehead atoms. The van der Waals surface area contributed by atoms with E-state index in [1.165, 1.54) is 5.56 Å². The van der Waals surface area contributed by atoms with E-state index in [0.717, 1.165) is 25.3 Å². The van der Waals surface area contributed by atoms with Gasteiger partial charge in [0, 0.05) is 22.0 Å². The van der Waals surface area contributed by atoms with E-state index in [-0.39, 0.29) is 5.91 Å². The van der Waals surface area contributed by atoms with E-state index < -0.39 is 0 Å². The molecule has 0 radical (unpaired) electrons. The Morgan fingerprint density at radius 1 is 1.03 bits per heavy atom. The Balaban J connectivity index is 1.46. The minimum atomic E-state index is -0.220. The van der Waals surface area contributed by atoms with Crippen LogP contribution in [0, 0.1) is 0 Å². The highest BCUT2D eigenvalue weighted by Gasteiger charge is 2.12. The van der Waals surface area contributed by atoms with E-state index in [1.807, 2.05) is 42.5 Å². The molecule has 158 valence electrons. The number of methoxy groups -OCH3 is 2. The molecule has 0 saturated heterocycles. The Morgan fingerprint density at radius 3 is 2.55 bits per heavy atom. The van der Waals surface area contributed by atoms with Crippen LogP contribution in [0.25, 0.3) is 10.2 Å². The molecule has 4 rings (SSSR count). The van der Waals surface area contributed by atoms with Crippen LogP contribution in [0.15, 0.2) is 65.0 Å². The van der Waals surface area contributed by atoms with E-state index in [9.17, 15) is 4.79 Å². The van der Waals surface area contributed by atoms with Gasteiger partial charge < -0.3 is 14.8 Å². The van der Waals surface area contributed by atoms with Crippen LogP contribution in [0.3, 0.4) is 0 Å². The third kappa shape index (κ3) is 5.12. The van der Waals surface area contributed by atoms with Crippen LogP contribution in [0.1, 0.15) is 15.9 Å². The second-order valence-corrected chi connectivity index (χ2v) is 9.29. The summed E-state index contributed by atoms with van der Waals surface area (Å²) < 4.78 is 12.5. The van der Waals surface area contributed by atoms with E-state index in [2.05, 4.69) is 10.3 Å². The number of halogens is 1. The number of benzene rings is 3. The van der Waals surface area contributed by atoms with Crippen molar-refractivity contribution in [1.82, 2.24) is 4.98 Å². The van der Waals surface area contributed by atoms with Crippen molar-refractivity contribution in [3.63, 3.8) is 0 Å². The second kappa shape index (κ2) is 9.60. The molecule has 1 N–H and O–H groups in total. The number of carbonyl (C=O) groups excluding carboxylic acids is 1. The first kappa shape index (κ1) is 21.5. The van der Waals surface area contributed by atoms with Crippen LogP contribution >= 0.6 is 34.7 Å². The van der Waals surface area contributed by atoms with E-state index in [4.69, 9.17) is 21.1 Å². The van der Waals surface area contributed by atoms with Gasteiger partial charge >= 0.3 is 0 Å². The quantitative estimate of drug-likeness (QED) is 0.312. The van der Waals surface area contributed by atoms with Crippen molar-refractivity contribution in [2.24, 2.45) is 0 Å². The van der Waals surface area contributed by atoms with Gasteiger partial charge in [0.2, 0.25) is 0 Å². The topological polar surface area (TPSA) is 60.5 Å². The summed E-state index contributed by atoms with van der Waals surface area (Å²) in [5.74, 6) is 1.69. The molecular formula is C23H19ClN2O3S2. The van der Waals surface area contributed by atoms with Gasteiger partial charge in [-0.05, 0) is 54.1 Å². The summed E-state index contributed by atoms with van der Waals surface area (Å²) in [6, 6.07) is 18.6. The van der Waals surface area contributed by atoms with Gasteiger partial charge in [0.1, 0.15) is 0 Å². The number of carbonyl (C=O) groups is 1. The van der Waals surface area contributed by atoms with Gasteiger partial charge in [-0.2, -0.15) is 0 Å². The maximum absolute atomic E-state index is 12.7. The Hall–Kier alpha value is -2.74. The lowest BCUT2D eigenvalue weighted by Crippen LogP contribution is -2.12. The molecule has 3 aromatic carbocycles. The lowest BCUT2D eigenvalue weighted by Gasteiger charge is -2.10. The highest BCUT2D eigenvalue weighted by atomic mass is 35.5. The number of aromatic nitrogens is 1. The maximum Gasteiger partial charge on any atom is 0.255 e. The van der Waals surface area contributed by atoms with Crippen LogP contribution < -0.4 is 14.8 Å². The fourth-order valence-electron chi connectivity index (χ4n) is 2.95. The molecule has 4 aromatic rings. The molecule has 0 unspecified atom stereocenters. The fraction of sp³-hybridized carbons (Fsp3) is 0.130. The molecule has 31 heavy (non-hydrogen) atoms. The van der Waals surface area contributed by atoms with Gasteiger partial charge in [0.25, 0.3) is 5.91 Å². The molecule has 8 heteroatoms. The Labute approximate surface area is 193 Å². The number of rotatable bonds is 7. The molecule has 1 heterocycles. The molecule has 1 aromatic heterocycles. The lowest BCUT2D eigenvalue weighted by molar-refractivity contribution is 0.102. The largest absolute Gasteiger partial charge is 0.493 e. The summed E-state index contributed by atoms with van der Waals surface area (Å²) in [5.41, 5.74) is 3.30. The minimum absolute atomic E-state index is 0.220. The number of thioether (sulfide) groups is 1. The molecule has 0 aliphatic rings. The molecule has 0 fully saturated rings. The molecule has 0 aliphatic heterocycles. The average Bonchev–Trinajstić information content (AvgIpc) is 3.20. The minimum Gasteiger partial charge on any atom is -0.493 e. The second-order valence-electron chi connectivity index (χ2n) is 6.60. The number of anilines is 1. The zero-order valence-corrected chi connectivity index (χ0v) is 19.2. The molecule has 0 saturated carbocycles. The lowest BCUT2D eigenvalue weighted by atomic mass is 10.2. The van der Waals surface area contributed by atoms with E-state index >= 15 is 0 Å². The number of hydrogen-bond donors (Lipinski definition) is 1. The van der Waals surface area contributed by atoms with Crippen molar-refractivity contribution in [3.8, 4) is 11.5 Å². The van der Waals surface area contributed by atoms with Crippen LogP contribution in [0.5, 0.6) is 11.5 Å². The van der Waals surface area contributed by atoms with Crippen molar-refractivity contribution in [1.29, 1.82) is 0 Å². The van der Waals surface area contributed by atoms with Crippen molar-refractivity contribution in [2.75, 3.05) is 19.5 Å². The molecule has 0 atom stereocenters. The first-order chi connectivity index (χ1) is 15.1. The van der Waals surface area contributed by atoms with Gasteiger partial charge in [-0.25, -0.2) is 4.98 Å². The Bertz CT molecular complexity index is 1230. The number of nitrogens with zero attached hydrogens (tertiary/aromatic N) is 1. The summed E-state index contributed by atoms with van der Waals surface area (Å²) in [5, 5.41) is 3.67. The predicted octanol–water partition coefficient (Wildman–Crippen LogP) is 6.51. The van der Waals surface area contributed by atoms with Crippen molar-refractivity contribution < 1.29 is 14.3 Å². The number of ether oxygens (including phenoxy) is 2. The van der Waals surface area contributed by atoms with Gasteiger partial charge in [-0.15, -0.1) is 11.3 Å². The first-order valence-electron chi connectivity index (χ1n) is 9.37. The van der Waals surface area contributed by atoms with Crippen molar-refractivity contribution in [2.45, 2.75) is 10.1 Å². The van der Waals surface area contributed by atoms with Gasteiger partial charge in [0.05, 0.1) is 24.4 Å². The van der Waals surface area contributed by atoms with Crippen molar-refractivity contribution >= 4 is 56.5 Å². The summed E-state index contributed by atoms with van der Waals surface area (Å²) in [6.45, 7) is 0. The van der Waals surface area contributed by atoms with Crippen LogP contribution in [0.2, 0.25) is 5.02 Å². The number of hydrogen-bond acceptors (Lipinski definition) is 6. The van der Waals surface area contributed by atoms with Crippen LogP contribution in [-0.4, -0.2) is 25.1 Å². The third-order valence-corrected chi connectivity index (χ3v) is 7.03. The number of amides is 1. The normalized spacial score (nSPS) is 10.8. The first-order valence-corrected chi connectivity index (χ1v) is 11.5. The number of nitrogens with one attached hydrogen (secondary N) is 1. The number of thiazole rings is 1. The Morgan fingerprint density at radius 2 is 1.81 bits per heavy atom. The van der Waals surface area contributed by atoms with Crippen LogP contribution in [0.4, 0.5) is 5.69 Å².